The summed E-state index contributed by atoms with van der Waals surface area (Å²) in [5, 5.41) is 8.76. The summed E-state index contributed by atoms with van der Waals surface area (Å²) in [5.74, 6) is 1.25. The van der Waals surface area contributed by atoms with Gasteiger partial charge in [0.2, 0.25) is 0 Å². The lowest BCUT2D eigenvalue weighted by molar-refractivity contribution is -0.146. The first-order valence-corrected chi connectivity index (χ1v) is 6.11. The number of hydrogen-bond acceptors (Lipinski definition) is 3. The van der Waals surface area contributed by atoms with Crippen molar-refractivity contribution in [3.8, 4) is 18.1 Å². The standard InChI is InChI=1S/C15H17NO4/c1-4-9-16(10-14(17)18)15(19)12(3)20-13-7-5-11(2)6-8-13/h1,5-8,12H,9-10H2,2-3H3,(H,17,18). The Hall–Kier alpha value is -2.48. The number of nitrogens with zero attached hydrogens (tertiary/aromatic N) is 1. The molecular weight excluding hydrogens is 258 g/mol. The van der Waals surface area contributed by atoms with Crippen molar-refractivity contribution in [2.24, 2.45) is 0 Å². The van der Waals surface area contributed by atoms with Crippen LogP contribution >= 0.6 is 0 Å². The molecule has 1 amide bonds. The van der Waals surface area contributed by atoms with E-state index in [1.165, 1.54) is 0 Å². The molecule has 1 aromatic rings. The number of carboxylic acids is 1. The van der Waals surface area contributed by atoms with Crippen molar-refractivity contribution in [1.82, 2.24) is 4.90 Å². The average molecular weight is 275 g/mol. The number of aryl methyl sites for hydroxylation is 1. The van der Waals surface area contributed by atoms with Gasteiger partial charge in [0.05, 0.1) is 6.54 Å². The zero-order chi connectivity index (χ0) is 15.1. The second-order valence-corrected chi connectivity index (χ2v) is 4.37. The molecule has 1 atom stereocenters. The Balaban J connectivity index is 2.71. The van der Waals surface area contributed by atoms with Crippen molar-refractivity contribution in [1.29, 1.82) is 0 Å². The minimum Gasteiger partial charge on any atom is -0.481 e. The van der Waals surface area contributed by atoms with Gasteiger partial charge in [-0.1, -0.05) is 23.6 Å². The van der Waals surface area contributed by atoms with Gasteiger partial charge in [0.1, 0.15) is 12.3 Å². The maximum absolute atomic E-state index is 12.1. The second-order valence-electron chi connectivity index (χ2n) is 4.37. The molecule has 0 saturated carbocycles. The Kier molecular flexibility index (Phi) is 5.60. The molecule has 1 unspecified atom stereocenters. The van der Waals surface area contributed by atoms with Crippen LogP contribution in [0.25, 0.3) is 0 Å². The van der Waals surface area contributed by atoms with Crippen LogP contribution in [0, 0.1) is 19.3 Å². The summed E-state index contributed by atoms with van der Waals surface area (Å²) in [6, 6.07) is 7.23. The van der Waals surface area contributed by atoms with E-state index in [0.717, 1.165) is 10.5 Å². The van der Waals surface area contributed by atoms with Crippen molar-refractivity contribution < 1.29 is 19.4 Å². The molecule has 1 rings (SSSR count). The van der Waals surface area contributed by atoms with E-state index >= 15 is 0 Å². The summed E-state index contributed by atoms with van der Waals surface area (Å²) >= 11 is 0. The minimum absolute atomic E-state index is 0.0628. The number of carbonyl (C=O) groups excluding carboxylic acids is 1. The van der Waals surface area contributed by atoms with E-state index in [1.807, 2.05) is 19.1 Å². The van der Waals surface area contributed by atoms with Gasteiger partial charge in [-0.2, -0.15) is 0 Å². The fraction of sp³-hybridized carbons (Fsp3) is 0.333. The third-order valence-electron chi connectivity index (χ3n) is 2.60. The summed E-state index contributed by atoms with van der Waals surface area (Å²) in [6.07, 6.45) is 4.33. The van der Waals surface area contributed by atoms with Crippen LogP contribution in [0.1, 0.15) is 12.5 Å². The Morgan fingerprint density at radius 2 is 2.00 bits per heavy atom. The van der Waals surface area contributed by atoms with Gasteiger partial charge < -0.3 is 14.7 Å². The van der Waals surface area contributed by atoms with Crippen molar-refractivity contribution in [2.75, 3.05) is 13.1 Å². The molecule has 5 nitrogen and oxygen atoms in total. The lowest BCUT2D eigenvalue weighted by Crippen LogP contribution is -2.43. The highest BCUT2D eigenvalue weighted by Gasteiger charge is 2.23. The quantitative estimate of drug-likeness (QED) is 0.795. The van der Waals surface area contributed by atoms with Crippen LogP contribution < -0.4 is 4.74 Å². The van der Waals surface area contributed by atoms with Crippen LogP contribution in [-0.4, -0.2) is 41.1 Å². The van der Waals surface area contributed by atoms with Crippen LogP contribution in [0.15, 0.2) is 24.3 Å². The SMILES string of the molecule is C#CCN(CC(=O)O)C(=O)C(C)Oc1ccc(C)cc1. The number of hydrogen-bond donors (Lipinski definition) is 1. The number of benzene rings is 1. The van der Waals surface area contributed by atoms with Gasteiger partial charge in [-0.15, -0.1) is 6.42 Å². The molecule has 0 aliphatic carbocycles. The van der Waals surface area contributed by atoms with Crippen molar-refractivity contribution in [3.05, 3.63) is 29.8 Å². The number of carbonyl (C=O) groups is 2. The molecule has 1 N–H and O–H groups in total. The summed E-state index contributed by atoms with van der Waals surface area (Å²) in [7, 11) is 0. The largest absolute Gasteiger partial charge is 0.481 e. The lowest BCUT2D eigenvalue weighted by Gasteiger charge is -2.22. The van der Waals surface area contributed by atoms with Crippen LogP contribution in [0.3, 0.4) is 0 Å². The molecule has 0 radical (unpaired) electrons. The fourth-order valence-electron chi connectivity index (χ4n) is 1.61. The molecule has 5 heteroatoms. The minimum atomic E-state index is -1.11. The number of aliphatic carboxylic acids is 1. The Morgan fingerprint density at radius 3 is 2.50 bits per heavy atom. The van der Waals surface area contributed by atoms with Crippen LogP contribution in [0.2, 0.25) is 0 Å². The Bertz CT molecular complexity index is 516. The van der Waals surface area contributed by atoms with Gasteiger partial charge in [-0.25, -0.2) is 0 Å². The predicted molar refractivity (Wildman–Crippen MR) is 74.3 cm³/mol. The summed E-state index contributed by atoms with van der Waals surface area (Å²) in [6.45, 7) is 3.00. The Labute approximate surface area is 118 Å². The van der Waals surface area contributed by atoms with Gasteiger partial charge >= 0.3 is 5.97 Å². The Morgan fingerprint density at radius 1 is 1.40 bits per heavy atom. The van der Waals surface area contributed by atoms with Crippen molar-refractivity contribution in [3.63, 3.8) is 0 Å². The van der Waals surface area contributed by atoms with Gasteiger partial charge in [0.25, 0.3) is 5.91 Å². The van der Waals surface area contributed by atoms with Gasteiger partial charge in [-0.3, -0.25) is 9.59 Å². The zero-order valence-corrected chi connectivity index (χ0v) is 11.5. The molecule has 0 saturated heterocycles. The van der Waals surface area contributed by atoms with E-state index in [-0.39, 0.29) is 6.54 Å². The van der Waals surface area contributed by atoms with Crippen molar-refractivity contribution >= 4 is 11.9 Å². The highest BCUT2D eigenvalue weighted by Crippen LogP contribution is 2.14. The molecule has 0 heterocycles. The molecule has 0 aliphatic rings. The van der Waals surface area contributed by atoms with E-state index in [9.17, 15) is 9.59 Å². The average Bonchev–Trinajstić information content (AvgIpc) is 2.39. The summed E-state index contributed by atoms with van der Waals surface area (Å²) in [4.78, 5) is 23.9. The van der Waals surface area contributed by atoms with Crippen molar-refractivity contribution in [2.45, 2.75) is 20.0 Å². The van der Waals surface area contributed by atoms with E-state index in [4.69, 9.17) is 16.3 Å². The molecule has 0 spiro atoms. The first kappa shape index (κ1) is 15.6. The predicted octanol–water partition coefficient (Wildman–Crippen LogP) is 1.31. The number of amides is 1. The number of ether oxygens (including phenoxy) is 1. The monoisotopic (exact) mass is 275 g/mol. The smallest absolute Gasteiger partial charge is 0.323 e. The second kappa shape index (κ2) is 7.19. The van der Waals surface area contributed by atoms with Crippen LogP contribution in [0.4, 0.5) is 0 Å². The third kappa shape index (κ3) is 4.65. The maximum Gasteiger partial charge on any atom is 0.323 e. The van der Waals surface area contributed by atoms with Gasteiger partial charge in [0.15, 0.2) is 6.10 Å². The molecule has 0 bridgehead atoms. The molecule has 1 aromatic carbocycles. The first-order chi connectivity index (χ1) is 9.43. The van der Waals surface area contributed by atoms with E-state index in [1.54, 1.807) is 19.1 Å². The number of carboxylic acid groups (broad SMARTS) is 1. The summed E-state index contributed by atoms with van der Waals surface area (Å²) in [5.41, 5.74) is 1.08. The molecule has 0 fully saturated rings. The van der Waals surface area contributed by atoms with E-state index in [0.29, 0.717) is 5.75 Å². The molecule has 106 valence electrons. The number of rotatable bonds is 6. The highest BCUT2D eigenvalue weighted by molar-refractivity contribution is 5.84. The molecular formula is C15H17NO4. The van der Waals surface area contributed by atoms with Crippen LogP contribution in [0.5, 0.6) is 5.75 Å². The topological polar surface area (TPSA) is 66.8 Å². The maximum atomic E-state index is 12.1. The fourth-order valence-corrected chi connectivity index (χ4v) is 1.61. The van der Waals surface area contributed by atoms with Gasteiger partial charge in [0, 0.05) is 0 Å². The van der Waals surface area contributed by atoms with E-state index < -0.39 is 24.5 Å². The third-order valence-corrected chi connectivity index (χ3v) is 2.60. The first-order valence-electron chi connectivity index (χ1n) is 6.11. The normalized spacial score (nSPS) is 11.2. The highest BCUT2D eigenvalue weighted by atomic mass is 16.5. The number of terminal acetylenes is 1. The molecule has 20 heavy (non-hydrogen) atoms. The van der Waals surface area contributed by atoms with Gasteiger partial charge in [-0.05, 0) is 26.0 Å². The lowest BCUT2D eigenvalue weighted by atomic mass is 10.2. The molecule has 0 aromatic heterocycles. The molecule has 0 aliphatic heterocycles. The summed E-state index contributed by atoms with van der Waals surface area (Å²) < 4.78 is 5.49. The zero-order valence-electron chi connectivity index (χ0n) is 11.5. The van der Waals surface area contributed by atoms with E-state index in [2.05, 4.69) is 5.92 Å². The van der Waals surface area contributed by atoms with Crippen LogP contribution in [-0.2, 0) is 9.59 Å².